The molecule has 0 fully saturated rings. The van der Waals surface area contributed by atoms with Crippen molar-refractivity contribution in [3.8, 4) is 5.88 Å². The molecule has 0 spiro atoms. The minimum atomic E-state index is -4.11. The molecule has 0 aromatic carbocycles. The van der Waals surface area contributed by atoms with E-state index in [1.54, 1.807) is 32.0 Å². The maximum atomic E-state index is 13.3. The predicted molar refractivity (Wildman–Crippen MR) is 138 cm³/mol. The van der Waals surface area contributed by atoms with E-state index in [-0.39, 0.29) is 24.0 Å². The molecule has 14 heteroatoms. The summed E-state index contributed by atoms with van der Waals surface area (Å²) in [6, 6.07) is 4.85. The summed E-state index contributed by atoms with van der Waals surface area (Å²) in [7, 11) is -2.66. The summed E-state index contributed by atoms with van der Waals surface area (Å²) in [5, 5.41) is 20.8. The summed E-state index contributed by atoms with van der Waals surface area (Å²) >= 11 is 5.85. The van der Waals surface area contributed by atoms with E-state index < -0.39 is 27.2 Å². The van der Waals surface area contributed by atoms with Crippen molar-refractivity contribution in [2.24, 2.45) is 0 Å². The second-order valence-electron chi connectivity index (χ2n) is 8.27. The van der Waals surface area contributed by atoms with Crippen LogP contribution in [0.15, 0.2) is 35.1 Å². The summed E-state index contributed by atoms with van der Waals surface area (Å²) in [5.41, 5.74) is 1.48. The minimum Gasteiger partial charge on any atom is -0.481 e. The summed E-state index contributed by atoms with van der Waals surface area (Å²) in [4.78, 5) is 13.7. The molecule has 0 unspecified atom stereocenters. The van der Waals surface area contributed by atoms with Crippen molar-refractivity contribution in [3.05, 3.63) is 64.2 Å². The molecule has 2 atom stereocenters. The lowest BCUT2D eigenvalue weighted by Gasteiger charge is -2.27. The van der Waals surface area contributed by atoms with Crippen LogP contribution in [0.5, 0.6) is 5.88 Å². The first kappa shape index (κ1) is 28.0. The van der Waals surface area contributed by atoms with Crippen LogP contribution >= 0.6 is 11.6 Å². The molecule has 37 heavy (non-hydrogen) atoms. The van der Waals surface area contributed by atoms with Gasteiger partial charge in [0.2, 0.25) is 21.9 Å². The molecule has 0 radical (unpaired) electrons. The van der Waals surface area contributed by atoms with Crippen molar-refractivity contribution >= 4 is 33.4 Å². The molecule has 3 N–H and O–H groups in total. The Bertz CT molecular complexity index is 1380. The third-order valence-corrected chi connectivity index (χ3v) is 7.97. The van der Waals surface area contributed by atoms with E-state index in [2.05, 4.69) is 24.8 Å². The number of guanidine groups is 1. The number of nitrogens with one attached hydrogen (secondary N) is 3. The molecule has 3 rings (SSSR count). The molecule has 0 aliphatic rings. The fourth-order valence-corrected chi connectivity index (χ4v) is 4.79. The number of rotatable bonds is 9. The Balaban J connectivity index is 1.92. The van der Waals surface area contributed by atoms with Gasteiger partial charge in [0, 0.05) is 29.9 Å². The molecule has 0 aliphatic carbocycles. The molecule has 0 saturated carbocycles. The van der Waals surface area contributed by atoms with Gasteiger partial charge in [0.25, 0.3) is 0 Å². The van der Waals surface area contributed by atoms with E-state index in [4.69, 9.17) is 31.7 Å². The lowest BCUT2D eigenvalue weighted by molar-refractivity contribution is 0.389. The lowest BCUT2D eigenvalue weighted by atomic mass is 10.1. The molecule has 0 bridgehead atoms. The molecule has 3 aromatic rings. The van der Waals surface area contributed by atoms with Crippen LogP contribution in [0.2, 0.25) is 5.02 Å². The Hall–Kier alpha value is -3.58. The van der Waals surface area contributed by atoms with Gasteiger partial charge in [-0.15, -0.1) is 0 Å². The van der Waals surface area contributed by atoms with Crippen LogP contribution in [0.25, 0.3) is 0 Å². The molecule has 3 heterocycles. The van der Waals surface area contributed by atoms with Crippen molar-refractivity contribution in [2.75, 3.05) is 7.11 Å². The number of amidine groups is 1. The minimum absolute atomic E-state index is 0.0399. The SMILES string of the molecule is CCc1noc(C)c1CN(C(=N)NS(=O)(=O)[C@@H](C)[C@H](C)c1ncc(Cl)cn1)C(=N)c1cccc(OC)n1. The number of ether oxygens (including phenoxy) is 1. The van der Waals surface area contributed by atoms with Gasteiger partial charge in [-0.05, 0) is 26.3 Å². The molecule has 198 valence electrons. The fraction of sp³-hybridized carbons (Fsp3) is 0.391. The van der Waals surface area contributed by atoms with E-state index in [0.29, 0.717) is 34.3 Å². The Morgan fingerprint density at radius 2 is 1.92 bits per heavy atom. The van der Waals surface area contributed by atoms with Crippen molar-refractivity contribution in [1.82, 2.24) is 29.7 Å². The summed E-state index contributed by atoms with van der Waals surface area (Å²) in [6.45, 7) is 6.75. The molecule has 0 saturated heterocycles. The number of methoxy groups -OCH3 is 1. The summed E-state index contributed by atoms with van der Waals surface area (Å²) in [5.74, 6) is -0.278. The second kappa shape index (κ2) is 11.6. The van der Waals surface area contributed by atoms with Crippen LogP contribution in [-0.4, -0.2) is 57.6 Å². The van der Waals surface area contributed by atoms with Crippen LogP contribution in [0.1, 0.15) is 55.2 Å². The number of pyridine rings is 1. The highest BCUT2D eigenvalue weighted by Gasteiger charge is 2.32. The number of aryl methyl sites for hydroxylation is 2. The number of hydrogen-bond donors (Lipinski definition) is 3. The van der Waals surface area contributed by atoms with E-state index in [1.807, 2.05) is 6.92 Å². The first-order chi connectivity index (χ1) is 17.5. The highest BCUT2D eigenvalue weighted by molar-refractivity contribution is 7.90. The summed E-state index contributed by atoms with van der Waals surface area (Å²) in [6.07, 6.45) is 3.35. The quantitative estimate of drug-likeness (QED) is 0.268. The smallest absolute Gasteiger partial charge is 0.238 e. The van der Waals surface area contributed by atoms with E-state index in [9.17, 15) is 8.42 Å². The monoisotopic (exact) mass is 548 g/mol. The van der Waals surface area contributed by atoms with Crippen molar-refractivity contribution in [2.45, 2.75) is 51.8 Å². The standard InChI is InChI=1S/C23H29ClN8O4S/c1-6-18-17(14(3)36-30-18)12-32(21(25)19-8-7-9-20(29-19)35-5)23(26)31-37(33,34)15(4)13(2)22-27-10-16(24)11-28-22/h7-11,13,15,25H,6,12H2,1-5H3,(H2,26,31)/t13-,15-/m0/s1. The molecule has 0 amide bonds. The highest BCUT2D eigenvalue weighted by atomic mass is 35.5. The zero-order valence-electron chi connectivity index (χ0n) is 21.1. The van der Waals surface area contributed by atoms with E-state index in [0.717, 1.165) is 0 Å². The van der Waals surface area contributed by atoms with Crippen LogP contribution in [0.3, 0.4) is 0 Å². The van der Waals surface area contributed by atoms with E-state index in [1.165, 1.54) is 31.3 Å². The Morgan fingerprint density at radius 3 is 2.54 bits per heavy atom. The topological polar surface area (TPSA) is 171 Å². The number of nitrogens with zero attached hydrogens (tertiary/aromatic N) is 5. The van der Waals surface area contributed by atoms with Crippen LogP contribution in [-0.2, 0) is 23.0 Å². The number of sulfonamides is 1. The highest BCUT2D eigenvalue weighted by Crippen LogP contribution is 2.23. The average Bonchev–Trinajstić information content (AvgIpc) is 3.24. The van der Waals surface area contributed by atoms with Crippen LogP contribution in [0.4, 0.5) is 0 Å². The number of halogens is 1. The fourth-order valence-electron chi connectivity index (χ4n) is 3.46. The van der Waals surface area contributed by atoms with Crippen LogP contribution in [0, 0.1) is 17.7 Å². The normalized spacial score (nSPS) is 13.0. The number of hydrogen-bond acceptors (Lipinski definition) is 10. The average molecular weight is 549 g/mol. The van der Waals surface area contributed by atoms with Gasteiger partial charge in [-0.1, -0.05) is 36.7 Å². The van der Waals surface area contributed by atoms with Gasteiger partial charge in [0.1, 0.15) is 17.3 Å². The Morgan fingerprint density at radius 1 is 1.24 bits per heavy atom. The number of aromatic nitrogens is 4. The van der Waals surface area contributed by atoms with Gasteiger partial charge in [0.15, 0.2) is 5.84 Å². The zero-order valence-corrected chi connectivity index (χ0v) is 22.7. The lowest BCUT2D eigenvalue weighted by Crippen LogP contribution is -2.49. The largest absolute Gasteiger partial charge is 0.481 e. The van der Waals surface area contributed by atoms with Gasteiger partial charge in [-0.25, -0.2) is 23.4 Å². The first-order valence-electron chi connectivity index (χ1n) is 11.4. The molecule has 3 aromatic heterocycles. The third-order valence-electron chi connectivity index (χ3n) is 5.91. The third kappa shape index (κ3) is 6.41. The van der Waals surface area contributed by atoms with E-state index >= 15 is 0 Å². The molecular weight excluding hydrogens is 520 g/mol. The predicted octanol–water partition coefficient (Wildman–Crippen LogP) is 3.27. The molecule has 12 nitrogen and oxygen atoms in total. The van der Waals surface area contributed by atoms with Crippen molar-refractivity contribution in [1.29, 1.82) is 10.8 Å². The van der Waals surface area contributed by atoms with Crippen molar-refractivity contribution < 1.29 is 17.7 Å². The zero-order chi connectivity index (χ0) is 27.3. The Kier molecular flexibility index (Phi) is 8.81. The summed E-state index contributed by atoms with van der Waals surface area (Å²) < 4.78 is 39.3. The van der Waals surface area contributed by atoms with Gasteiger partial charge >= 0.3 is 0 Å². The van der Waals surface area contributed by atoms with Gasteiger partial charge in [-0.2, -0.15) is 0 Å². The molecular formula is C23H29ClN8O4S. The Labute approximate surface area is 220 Å². The van der Waals surface area contributed by atoms with Crippen LogP contribution < -0.4 is 9.46 Å². The first-order valence-corrected chi connectivity index (χ1v) is 13.3. The maximum absolute atomic E-state index is 13.3. The molecule has 0 aliphatic heterocycles. The van der Waals surface area contributed by atoms with Gasteiger partial charge in [-0.3, -0.25) is 20.4 Å². The second-order valence-corrected chi connectivity index (χ2v) is 10.7. The van der Waals surface area contributed by atoms with Gasteiger partial charge in [0.05, 0.1) is 29.6 Å². The van der Waals surface area contributed by atoms with Crippen molar-refractivity contribution in [3.63, 3.8) is 0 Å². The van der Waals surface area contributed by atoms with Gasteiger partial charge < -0.3 is 9.26 Å². The maximum Gasteiger partial charge on any atom is 0.238 e.